The van der Waals surface area contributed by atoms with Gasteiger partial charge in [0.25, 0.3) is 5.91 Å². The summed E-state index contributed by atoms with van der Waals surface area (Å²) in [6.45, 7) is 2.72. The van der Waals surface area contributed by atoms with Gasteiger partial charge < -0.3 is 14.8 Å². The number of nitrogens with zero attached hydrogens (tertiary/aromatic N) is 5. The number of amides is 1. The molecule has 9 nitrogen and oxygen atoms in total. The number of methoxy groups -OCH3 is 2. The van der Waals surface area contributed by atoms with Gasteiger partial charge in [0.15, 0.2) is 11.6 Å². The maximum absolute atomic E-state index is 12.9. The fourth-order valence-electron chi connectivity index (χ4n) is 3.07. The number of rotatable bonds is 7. The van der Waals surface area contributed by atoms with E-state index in [4.69, 9.17) is 9.47 Å². The van der Waals surface area contributed by atoms with Gasteiger partial charge in [0.05, 0.1) is 23.9 Å². The van der Waals surface area contributed by atoms with Gasteiger partial charge in [-0.1, -0.05) is 0 Å². The number of hydrogen-bond acceptors (Lipinski definition) is 8. The van der Waals surface area contributed by atoms with Crippen molar-refractivity contribution in [3.63, 3.8) is 0 Å². The highest BCUT2D eigenvalue weighted by Crippen LogP contribution is 2.35. The largest absolute Gasteiger partial charge is 0.480 e. The molecule has 0 unspecified atom stereocenters. The summed E-state index contributed by atoms with van der Waals surface area (Å²) >= 11 is 1.29. The van der Waals surface area contributed by atoms with Crippen LogP contribution in [0.2, 0.25) is 0 Å². The van der Waals surface area contributed by atoms with Crippen LogP contribution in [-0.4, -0.2) is 44.9 Å². The Kier molecular flexibility index (Phi) is 5.68. The van der Waals surface area contributed by atoms with Gasteiger partial charge >= 0.3 is 0 Å². The Morgan fingerprint density at radius 3 is 2.73 bits per heavy atom. The predicted molar refractivity (Wildman–Crippen MR) is 113 cm³/mol. The zero-order chi connectivity index (χ0) is 21.1. The molecule has 0 aliphatic heterocycles. The molecule has 0 saturated carbocycles. The second-order valence-corrected chi connectivity index (χ2v) is 7.53. The van der Waals surface area contributed by atoms with Gasteiger partial charge in [-0.15, -0.1) is 11.3 Å². The number of aryl methyl sites for hydroxylation is 1. The number of fused-ring (bicyclic) bond motifs is 1. The summed E-state index contributed by atoms with van der Waals surface area (Å²) in [5.41, 5.74) is 1.84. The minimum Gasteiger partial charge on any atom is -0.480 e. The van der Waals surface area contributed by atoms with Crippen molar-refractivity contribution in [1.29, 1.82) is 0 Å². The lowest BCUT2D eigenvalue weighted by atomic mass is 10.2. The van der Waals surface area contributed by atoms with Gasteiger partial charge in [-0.05, 0) is 30.2 Å². The van der Waals surface area contributed by atoms with Crippen LogP contribution in [0.4, 0.5) is 5.82 Å². The average molecular weight is 424 g/mol. The summed E-state index contributed by atoms with van der Waals surface area (Å²) in [6.07, 6.45) is 5.29. The molecule has 0 atom stereocenters. The van der Waals surface area contributed by atoms with Gasteiger partial charge in [0, 0.05) is 31.8 Å². The molecule has 0 aromatic carbocycles. The van der Waals surface area contributed by atoms with Gasteiger partial charge in [0.1, 0.15) is 11.4 Å². The lowest BCUT2D eigenvalue weighted by Crippen LogP contribution is -2.12. The lowest BCUT2D eigenvalue weighted by molar-refractivity contribution is 0.102. The van der Waals surface area contributed by atoms with Crippen molar-refractivity contribution in [2.75, 3.05) is 19.5 Å². The highest BCUT2D eigenvalue weighted by molar-refractivity contribution is 7.20. The van der Waals surface area contributed by atoms with Crippen molar-refractivity contribution in [3.8, 4) is 5.88 Å². The van der Waals surface area contributed by atoms with E-state index in [1.807, 2.05) is 25.3 Å². The Morgan fingerprint density at radius 2 is 2.00 bits per heavy atom. The summed E-state index contributed by atoms with van der Waals surface area (Å²) in [6, 6.07) is 5.61. The average Bonchev–Trinajstić information content (AvgIpc) is 3.32. The molecular weight excluding hydrogens is 404 g/mol. The molecular formula is C20H20N6O3S. The molecule has 30 heavy (non-hydrogen) atoms. The van der Waals surface area contributed by atoms with Crippen LogP contribution >= 0.6 is 11.3 Å². The first-order valence-corrected chi connectivity index (χ1v) is 9.97. The normalized spacial score (nSPS) is 11.0. The third-order valence-corrected chi connectivity index (χ3v) is 5.64. The summed E-state index contributed by atoms with van der Waals surface area (Å²) in [7, 11) is 3.12. The number of carbonyl (C=O) groups is 1. The fraction of sp³-hybridized carbons (Fsp3) is 0.250. The minimum absolute atomic E-state index is 0.250. The minimum atomic E-state index is -0.250. The molecule has 1 amide bonds. The van der Waals surface area contributed by atoms with Crippen molar-refractivity contribution in [2.45, 2.75) is 20.1 Å². The molecule has 0 spiro atoms. The van der Waals surface area contributed by atoms with Crippen LogP contribution in [0.15, 0.2) is 36.8 Å². The van der Waals surface area contributed by atoms with Gasteiger partial charge in [0.2, 0.25) is 5.88 Å². The van der Waals surface area contributed by atoms with E-state index in [9.17, 15) is 4.79 Å². The van der Waals surface area contributed by atoms with Crippen molar-refractivity contribution < 1.29 is 14.3 Å². The van der Waals surface area contributed by atoms with E-state index in [1.54, 1.807) is 37.4 Å². The molecule has 4 aromatic heterocycles. The zero-order valence-electron chi connectivity index (χ0n) is 16.7. The first-order valence-electron chi connectivity index (χ1n) is 9.15. The molecule has 1 N–H and O–H groups in total. The number of hydrogen-bond donors (Lipinski definition) is 1. The first kappa shape index (κ1) is 19.9. The van der Waals surface area contributed by atoms with Crippen molar-refractivity contribution in [2.24, 2.45) is 0 Å². The van der Waals surface area contributed by atoms with Crippen LogP contribution in [0.5, 0.6) is 5.88 Å². The number of nitrogens with one attached hydrogen (secondary N) is 1. The summed E-state index contributed by atoms with van der Waals surface area (Å²) in [5, 5.41) is 8.02. The monoisotopic (exact) mass is 424 g/mol. The quantitative estimate of drug-likeness (QED) is 0.486. The summed E-state index contributed by atoms with van der Waals surface area (Å²) < 4.78 is 12.3. The Labute approximate surface area is 176 Å². The van der Waals surface area contributed by atoms with E-state index >= 15 is 0 Å². The Bertz CT molecular complexity index is 1190. The van der Waals surface area contributed by atoms with Crippen molar-refractivity contribution >= 4 is 33.3 Å². The van der Waals surface area contributed by atoms with Gasteiger partial charge in [-0.2, -0.15) is 10.1 Å². The van der Waals surface area contributed by atoms with Crippen LogP contribution in [-0.2, 0) is 17.9 Å². The fourth-order valence-corrected chi connectivity index (χ4v) is 4.15. The molecule has 154 valence electrons. The Morgan fingerprint density at radius 1 is 1.20 bits per heavy atom. The number of ether oxygens (including phenoxy) is 2. The van der Waals surface area contributed by atoms with Gasteiger partial charge in [-0.25, -0.2) is 4.98 Å². The molecule has 0 fully saturated rings. The van der Waals surface area contributed by atoms with Crippen molar-refractivity contribution in [1.82, 2.24) is 24.7 Å². The number of aromatic nitrogens is 5. The van der Waals surface area contributed by atoms with Crippen LogP contribution < -0.4 is 10.1 Å². The lowest BCUT2D eigenvalue weighted by Gasteiger charge is -2.05. The molecule has 0 bridgehead atoms. The molecule has 4 rings (SSSR count). The molecule has 0 aliphatic rings. The Hall–Kier alpha value is -3.37. The second kappa shape index (κ2) is 8.56. The smallest absolute Gasteiger partial charge is 0.267 e. The molecule has 0 saturated heterocycles. The maximum atomic E-state index is 12.9. The second-order valence-electron chi connectivity index (χ2n) is 6.53. The van der Waals surface area contributed by atoms with Crippen molar-refractivity contribution in [3.05, 3.63) is 58.6 Å². The molecule has 4 heterocycles. The van der Waals surface area contributed by atoms with Crippen LogP contribution in [0.3, 0.4) is 0 Å². The number of pyridine rings is 1. The van der Waals surface area contributed by atoms with Gasteiger partial charge in [-0.3, -0.25) is 14.5 Å². The van der Waals surface area contributed by atoms with Crippen LogP contribution in [0.25, 0.3) is 10.2 Å². The third kappa shape index (κ3) is 4.00. The number of anilines is 1. The van der Waals surface area contributed by atoms with Crippen LogP contribution in [0, 0.1) is 6.92 Å². The Balaban J connectivity index is 1.57. The van der Waals surface area contributed by atoms with E-state index in [2.05, 4.69) is 25.4 Å². The molecule has 0 aliphatic carbocycles. The predicted octanol–water partition coefficient (Wildman–Crippen LogP) is 3.05. The SMILES string of the molecule is COCc1nc(OC)c2c(C)c(C(=O)Nc3ccn(Cc4ccncc4)n3)sc2n1. The summed E-state index contributed by atoms with van der Waals surface area (Å²) in [5.74, 6) is 1.16. The van der Waals surface area contributed by atoms with E-state index in [0.717, 1.165) is 16.5 Å². The first-order chi connectivity index (χ1) is 14.6. The molecule has 10 heteroatoms. The third-order valence-electron chi connectivity index (χ3n) is 4.45. The van der Waals surface area contributed by atoms with Crippen LogP contribution in [0.1, 0.15) is 26.6 Å². The number of carbonyl (C=O) groups excluding carboxylic acids is 1. The highest BCUT2D eigenvalue weighted by atomic mass is 32.1. The standard InChI is InChI=1S/C20H20N6O3S/c1-12-16-19(29-3)23-15(11-28-2)24-20(16)30-17(12)18(27)22-14-6-9-26(25-14)10-13-4-7-21-8-5-13/h4-9H,10-11H2,1-3H3,(H,22,25,27). The van der Waals surface area contributed by atoms with E-state index in [0.29, 0.717) is 33.8 Å². The van der Waals surface area contributed by atoms with E-state index < -0.39 is 0 Å². The van der Waals surface area contributed by atoms with E-state index in [1.165, 1.54) is 11.3 Å². The molecule has 4 aromatic rings. The number of thiophene rings is 1. The summed E-state index contributed by atoms with van der Waals surface area (Å²) in [4.78, 5) is 27.0. The van der Waals surface area contributed by atoms with E-state index in [-0.39, 0.29) is 12.5 Å². The zero-order valence-corrected chi connectivity index (χ0v) is 17.6. The molecule has 0 radical (unpaired) electrons. The maximum Gasteiger partial charge on any atom is 0.267 e. The topological polar surface area (TPSA) is 104 Å². The highest BCUT2D eigenvalue weighted by Gasteiger charge is 2.21.